The second-order valence-corrected chi connectivity index (χ2v) is 4.47. The third-order valence-corrected chi connectivity index (χ3v) is 3.45. The summed E-state index contributed by atoms with van der Waals surface area (Å²) >= 11 is 6.18. The van der Waals surface area contributed by atoms with Crippen molar-refractivity contribution < 1.29 is 0 Å². The van der Waals surface area contributed by atoms with Crippen LogP contribution in [-0.4, -0.2) is 0 Å². The summed E-state index contributed by atoms with van der Waals surface area (Å²) in [6.07, 6.45) is 0. The van der Waals surface area contributed by atoms with Crippen molar-refractivity contribution in [1.82, 2.24) is 0 Å². The number of aryl methyl sites for hydroxylation is 2. The third-order valence-electron chi connectivity index (χ3n) is 2.00. The summed E-state index contributed by atoms with van der Waals surface area (Å²) in [5.74, 6) is 0. The average molecular weight is 194 g/mol. The van der Waals surface area contributed by atoms with Gasteiger partial charge in [-0.1, -0.05) is 6.07 Å². The Morgan fingerprint density at radius 1 is 1.25 bits per heavy atom. The Kier molecular flexibility index (Phi) is 1.89. The highest BCUT2D eigenvalue weighted by molar-refractivity contribution is 7.80. The molecule has 1 aromatic heterocycles. The molecule has 0 aliphatic carbocycles. The van der Waals surface area contributed by atoms with Gasteiger partial charge in [0.25, 0.3) is 0 Å². The topological polar surface area (TPSA) is 0 Å². The molecular weight excluding hydrogens is 184 g/mol. The molecule has 0 amide bonds. The number of thiophene rings is 1. The van der Waals surface area contributed by atoms with E-state index in [0.717, 1.165) is 4.90 Å². The molecule has 1 aromatic carbocycles. The molecule has 62 valence electrons. The zero-order valence-corrected chi connectivity index (χ0v) is 8.80. The molecule has 2 heteroatoms. The lowest BCUT2D eigenvalue weighted by atomic mass is 10.1. The van der Waals surface area contributed by atoms with Gasteiger partial charge in [0.2, 0.25) is 0 Å². The molecule has 0 aliphatic rings. The lowest BCUT2D eigenvalue weighted by Gasteiger charge is -1.99. The van der Waals surface area contributed by atoms with Gasteiger partial charge in [-0.05, 0) is 31.0 Å². The smallest absolute Gasteiger partial charge is 0.0359 e. The molecule has 0 spiro atoms. The average Bonchev–Trinajstić information content (AvgIpc) is 2.31. The van der Waals surface area contributed by atoms with E-state index in [-0.39, 0.29) is 0 Å². The van der Waals surface area contributed by atoms with E-state index in [0.29, 0.717) is 0 Å². The van der Waals surface area contributed by atoms with Crippen LogP contribution in [0.5, 0.6) is 0 Å². The Balaban J connectivity index is 2.93. The number of hydrogen-bond acceptors (Lipinski definition) is 2. The fourth-order valence-corrected chi connectivity index (χ4v) is 3.06. The van der Waals surface area contributed by atoms with Crippen LogP contribution in [0.3, 0.4) is 0 Å². The molecule has 0 saturated carbocycles. The first-order chi connectivity index (χ1) is 5.68. The van der Waals surface area contributed by atoms with Crippen molar-refractivity contribution in [1.29, 1.82) is 0 Å². The number of benzene rings is 1. The predicted octanol–water partition coefficient (Wildman–Crippen LogP) is 3.81. The van der Waals surface area contributed by atoms with Crippen LogP contribution in [-0.2, 0) is 0 Å². The first-order valence-electron chi connectivity index (χ1n) is 3.86. The molecular formula is C10H10S2. The van der Waals surface area contributed by atoms with E-state index in [2.05, 4.69) is 44.0 Å². The highest BCUT2D eigenvalue weighted by atomic mass is 32.1. The van der Waals surface area contributed by atoms with E-state index in [1.54, 1.807) is 11.3 Å². The Morgan fingerprint density at radius 2 is 2.00 bits per heavy atom. The van der Waals surface area contributed by atoms with E-state index < -0.39 is 0 Å². The van der Waals surface area contributed by atoms with Crippen molar-refractivity contribution >= 4 is 34.1 Å². The number of hydrogen-bond donors (Lipinski definition) is 1. The molecule has 0 radical (unpaired) electrons. The van der Waals surface area contributed by atoms with Crippen LogP contribution in [0.15, 0.2) is 22.4 Å². The molecule has 0 fully saturated rings. The van der Waals surface area contributed by atoms with Gasteiger partial charge in [0.15, 0.2) is 0 Å². The molecule has 12 heavy (non-hydrogen) atoms. The van der Waals surface area contributed by atoms with E-state index in [1.807, 2.05) is 0 Å². The maximum Gasteiger partial charge on any atom is 0.0359 e. The lowest BCUT2D eigenvalue weighted by molar-refractivity contribution is 1.42. The van der Waals surface area contributed by atoms with Crippen molar-refractivity contribution in [2.75, 3.05) is 0 Å². The Hall–Kier alpha value is -0.470. The van der Waals surface area contributed by atoms with Crippen molar-refractivity contribution in [3.63, 3.8) is 0 Å². The number of fused-ring (bicyclic) bond motifs is 1. The molecule has 0 bridgehead atoms. The number of thiol groups is 1. The summed E-state index contributed by atoms with van der Waals surface area (Å²) in [5.41, 5.74) is 2.66. The maximum absolute atomic E-state index is 4.42. The highest BCUT2D eigenvalue weighted by Gasteiger charge is 2.03. The molecule has 0 aliphatic heterocycles. The van der Waals surface area contributed by atoms with Crippen LogP contribution in [0.4, 0.5) is 0 Å². The largest absolute Gasteiger partial charge is 0.143 e. The van der Waals surface area contributed by atoms with Gasteiger partial charge in [-0.2, -0.15) is 0 Å². The number of rotatable bonds is 0. The van der Waals surface area contributed by atoms with Gasteiger partial charge < -0.3 is 0 Å². The van der Waals surface area contributed by atoms with Crippen LogP contribution >= 0.6 is 24.0 Å². The van der Waals surface area contributed by atoms with Crippen molar-refractivity contribution in [3.05, 3.63) is 28.6 Å². The summed E-state index contributed by atoms with van der Waals surface area (Å²) in [6.45, 7) is 4.27. The van der Waals surface area contributed by atoms with Crippen molar-refractivity contribution in [3.8, 4) is 0 Å². The van der Waals surface area contributed by atoms with E-state index in [4.69, 9.17) is 0 Å². The Labute approximate surface area is 81.6 Å². The minimum atomic E-state index is 1.10. The monoisotopic (exact) mass is 194 g/mol. The van der Waals surface area contributed by atoms with Crippen LogP contribution in [0.25, 0.3) is 10.1 Å². The van der Waals surface area contributed by atoms with Crippen molar-refractivity contribution in [2.24, 2.45) is 0 Å². The molecule has 2 aromatic rings. The molecule has 0 nitrogen and oxygen atoms in total. The second kappa shape index (κ2) is 2.79. The van der Waals surface area contributed by atoms with Crippen molar-refractivity contribution in [2.45, 2.75) is 18.7 Å². The summed E-state index contributed by atoms with van der Waals surface area (Å²) in [6, 6.07) is 4.42. The van der Waals surface area contributed by atoms with Crippen LogP contribution in [0.1, 0.15) is 11.1 Å². The first-order valence-corrected chi connectivity index (χ1v) is 5.18. The SMILES string of the molecule is Cc1cc(C)c2c(S)csc2c1. The maximum atomic E-state index is 4.42. The highest BCUT2D eigenvalue weighted by Crippen LogP contribution is 2.31. The second-order valence-electron chi connectivity index (χ2n) is 3.08. The van der Waals surface area contributed by atoms with Gasteiger partial charge in [-0.3, -0.25) is 0 Å². The van der Waals surface area contributed by atoms with Gasteiger partial charge in [-0.15, -0.1) is 24.0 Å². The van der Waals surface area contributed by atoms with Gasteiger partial charge in [0.1, 0.15) is 0 Å². The van der Waals surface area contributed by atoms with E-state index >= 15 is 0 Å². The third kappa shape index (κ3) is 1.15. The minimum Gasteiger partial charge on any atom is -0.143 e. The van der Waals surface area contributed by atoms with Crippen LogP contribution in [0.2, 0.25) is 0 Å². The summed E-state index contributed by atoms with van der Waals surface area (Å²) in [7, 11) is 0. The fraction of sp³-hybridized carbons (Fsp3) is 0.200. The Morgan fingerprint density at radius 3 is 2.75 bits per heavy atom. The van der Waals surface area contributed by atoms with Crippen LogP contribution in [0, 0.1) is 13.8 Å². The Bertz CT molecular complexity index is 427. The van der Waals surface area contributed by atoms with Gasteiger partial charge in [-0.25, -0.2) is 0 Å². The minimum absolute atomic E-state index is 1.10. The van der Waals surface area contributed by atoms with Crippen LogP contribution < -0.4 is 0 Å². The molecule has 1 heterocycles. The van der Waals surface area contributed by atoms with Gasteiger partial charge >= 0.3 is 0 Å². The fourth-order valence-electron chi connectivity index (χ4n) is 1.53. The quantitative estimate of drug-likeness (QED) is 0.606. The molecule has 0 unspecified atom stereocenters. The van der Waals surface area contributed by atoms with Gasteiger partial charge in [0.05, 0.1) is 0 Å². The van der Waals surface area contributed by atoms with E-state index in [9.17, 15) is 0 Å². The molecule has 0 saturated heterocycles. The summed E-state index contributed by atoms with van der Waals surface area (Å²) in [5, 5.41) is 3.41. The lowest BCUT2D eigenvalue weighted by Crippen LogP contribution is -1.77. The zero-order chi connectivity index (χ0) is 8.72. The molecule has 2 rings (SSSR count). The first kappa shape index (κ1) is 8.14. The van der Waals surface area contributed by atoms with E-state index in [1.165, 1.54) is 21.2 Å². The zero-order valence-electron chi connectivity index (χ0n) is 7.09. The molecule has 0 N–H and O–H groups in total. The normalized spacial score (nSPS) is 10.9. The standard InChI is InChI=1S/C10H10S2/c1-6-3-7(2)10-8(11)5-12-9(10)4-6/h3-5,11H,1-2H3. The summed E-state index contributed by atoms with van der Waals surface area (Å²) < 4.78 is 1.34. The predicted molar refractivity (Wildman–Crippen MR) is 58.6 cm³/mol. The van der Waals surface area contributed by atoms with Gasteiger partial charge in [0, 0.05) is 20.4 Å². The molecule has 0 atom stereocenters. The summed E-state index contributed by atoms with van der Waals surface area (Å²) in [4.78, 5) is 1.10.